The highest BCUT2D eigenvalue weighted by molar-refractivity contribution is 7.80. The van der Waals surface area contributed by atoms with Crippen LogP contribution in [-0.4, -0.2) is 25.9 Å². The minimum Gasteiger partial charge on any atom is -0.375 e. The first kappa shape index (κ1) is 16.2. The minimum absolute atomic E-state index is 0.113. The largest absolute Gasteiger partial charge is 0.375 e. The lowest BCUT2D eigenvalue weighted by Crippen LogP contribution is -2.24. The van der Waals surface area contributed by atoms with Crippen LogP contribution in [-0.2, 0) is 6.54 Å². The molecule has 6 nitrogen and oxygen atoms in total. The number of hydrogen-bond donors (Lipinski definition) is 2. The summed E-state index contributed by atoms with van der Waals surface area (Å²) in [6.45, 7) is 0.678. The van der Waals surface area contributed by atoms with Gasteiger partial charge in [-0.05, 0) is 42.0 Å². The van der Waals surface area contributed by atoms with Crippen molar-refractivity contribution in [2.45, 2.75) is 6.54 Å². The van der Waals surface area contributed by atoms with E-state index in [0.29, 0.717) is 12.4 Å². The van der Waals surface area contributed by atoms with E-state index < -0.39 is 0 Å². The number of nitrogens with one attached hydrogen (secondary N) is 1. The summed E-state index contributed by atoms with van der Waals surface area (Å²) >= 11 is 4.79. The van der Waals surface area contributed by atoms with E-state index in [1.54, 1.807) is 12.4 Å². The molecule has 0 aliphatic carbocycles. The molecule has 0 spiro atoms. The second-order valence-corrected chi connectivity index (χ2v) is 6.22. The van der Waals surface area contributed by atoms with E-state index in [2.05, 4.69) is 32.2 Å². The fraction of sp³-hybridized carbons (Fsp3) is 0.0526. The Hall–Kier alpha value is -3.32. The van der Waals surface area contributed by atoms with Crippen molar-refractivity contribution in [3.63, 3.8) is 0 Å². The van der Waals surface area contributed by atoms with Crippen molar-refractivity contribution in [3.05, 3.63) is 72.2 Å². The van der Waals surface area contributed by atoms with Crippen molar-refractivity contribution < 1.29 is 0 Å². The van der Waals surface area contributed by atoms with Gasteiger partial charge in [0.2, 0.25) is 0 Å². The van der Waals surface area contributed by atoms with E-state index in [-0.39, 0.29) is 5.11 Å². The lowest BCUT2D eigenvalue weighted by atomic mass is 10.2. The molecule has 4 rings (SSSR count). The van der Waals surface area contributed by atoms with E-state index >= 15 is 0 Å². The van der Waals surface area contributed by atoms with Crippen LogP contribution in [0.5, 0.6) is 0 Å². The van der Waals surface area contributed by atoms with Gasteiger partial charge in [-0.25, -0.2) is 4.98 Å². The topological polar surface area (TPSA) is 81.1 Å². The number of hydrogen-bond acceptors (Lipinski definition) is 4. The summed E-state index contributed by atoms with van der Waals surface area (Å²) in [5.74, 6) is 0.712. The molecule has 0 atom stereocenters. The predicted molar refractivity (Wildman–Crippen MR) is 108 cm³/mol. The van der Waals surface area contributed by atoms with Gasteiger partial charge in [-0.2, -0.15) is 5.10 Å². The first-order valence-electron chi connectivity index (χ1n) is 8.09. The quantitative estimate of drug-likeness (QED) is 0.332. The third kappa shape index (κ3) is 3.12. The average molecular weight is 360 g/mol. The number of pyridine rings is 1. The predicted octanol–water partition coefficient (Wildman–Crippen LogP) is 2.80. The normalized spacial score (nSPS) is 11.4. The Morgan fingerprint density at radius 2 is 2.00 bits per heavy atom. The van der Waals surface area contributed by atoms with E-state index in [9.17, 15) is 0 Å². The van der Waals surface area contributed by atoms with Crippen LogP contribution in [0.25, 0.3) is 21.9 Å². The summed E-state index contributed by atoms with van der Waals surface area (Å²) in [6.07, 6.45) is 3.41. The molecule has 0 saturated carbocycles. The fourth-order valence-corrected chi connectivity index (χ4v) is 3.00. The molecule has 3 N–H and O–H groups in total. The van der Waals surface area contributed by atoms with Gasteiger partial charge < -0.3 is 10.3 Å². The minimum atomic E-state index is 0.113. The zero-order chi connectivity index (χ0) is 17.9. The number of nitrogens with zero attached hydrogens (tertiary/aromatic N) is 4. The Balaban J connectivity index is 1.88. The summed E-state index contributed by atoms with van der Waals surface area (Å²) in [6, 6.07) is 18.2. The van der Waals surface area contributed by atoms with Gasteiger partial charge in [0.1, 0.15) is 0 Å². The molecule has 0 radical (unpaired) electrons. The summed E-state index contributed by atoms with van der Waals surface area (Å²) in [5.41, 5.74) is 12.0. The SMILES string of the molecule is NC(=S)N/N=C\c1nc2c3cccnc3ccc2n1Cc1ccccc1. The third-order valence-corrected chi connectivity index (χ3v) is 4.16. The number of thiocarbonyl (C=S) groups is 1. The van der Waals surface area contributed by atoms with Gasteiger partial charge >= 0.3 is 0 Å². The van der Waals surface area contributed by atoms with Crippen LogP contribution in [0.1, 0.15) is 11.4 Å². The lowest BCUT2D eigenvalue weighted by molar-refractivity contribution is 0.815. The molecule has 0 amide bonds. The van der Waals surface area contributed by atoms with Gasteiger partial charge in [-0.1, -0.05) is 30.3 Å². The number of hydrazone groups is 1. The Labute approximate surface area is 155 Å². The lowest BCUT2D eigenvalue weighted by Gasteiger charge is -2.07. The highest BCUT2D eigenvalue weighted by Crippen LogP contribution is 2.25. The highest BCUT2D eigenvalue weighted by atomic mass is 32.1. The maximum Gasteiger partial charge on any atom is 0.184 e. The first-order valence-corrected chi connectivity index (χ1v) is 8.49. The van der Waals surface area contributed by atoms with Gasteiger partial charge in [0.25, 0.3) is 0 Å². The maximum atomic E-state index is 5.44. The van der Waals surface area contributed by atoms with Crippen LogP contribution < -0.4 is 11.2 Å². The Kier molecular flexibility index (Phi) is 4.28. The van der Waals surface area contributed by atoms with Crippen LogP contribution in [0.4, 0.5) is 0 Å². The van der Waals surface area contributed by atoms with Crippen molar-refractivity contribution in [1.82, 2.24) is 20.0 Å². The zero-order valence-corrected chi connectivity index (χ0v) is 14.6. The second kappa shape index (κ2) is 6.89. The number of nitrogens with two attached hydrogens (primary N) is 1. The van der Waals surface area contributed by atoms with Gasteiger partial charge in [-0.15, -0.1) is 0 Å². The van der Waals surface area contributed by atoms with E-state index in [1.807, 2.05) is 42.5 Å². The zero-order valence-electron chi connectivity index (χ0n) is 13.8. The highest BCUT2D eigenvalue weighted by Gasteiger charge is 2.13. The van der Waals surface area contributed by atoms with Crippen molar-refractivity contribution >= 4 is 45.5 Å². The molecule has 128 valence electrons. The first-order chi connectivity index (χ1) is 12.7. The smallest absolute Gasteiger partial charge is 0.184 e. The van der Waals surface area contributed by atoms with Gasteiger partial charge in [-0.3, -0.25) is 10.4 Å². The summed E-state index contributed by atoms with van der Waals surface area (Å²) in [4.78, 5) is 9.19. The van der Waals surface area contributed by atoms with E-state index in [0.717, 1.165) is 21.9 Å². The molecule has 0 saturated heterocycles. The van der Waals surface area contributed by atoms with Crippen molar-refractivity contribution in [3.8, 4) is 0 Å². The number of benzene rings is 2. The third-order valence-electron chi connectivity index (χ3n) is 4.07. The molecular weight excluding hydrogens is 344 g/mol. The van der Waals surface area contributed by atoms with E-state index in [1.165, 1.54) is 5.56 Å². The fourth-order valence-electron chi connectivity index (χ4n) is 2.94. The second-order valence-electron chi connectivity index (χ2n) is 5.78. The monoisotopic (exact) mass is 360 g/mol. The number of fused-ring (bicyclic) bond motifs is 3. The summed E-state index contributed by atoms with van der Waals surface area (Å²) in [7, 11) is 0. The molecule has 2 aromatic heterocycles. The van der Waals surface area contributed by atoms with Crippen molar-refractivity contribution in [2.75, 3.05) is 0 Å². The molecular formula is C19H16N6S. The standard InChI is InChI=1S/C19H16N6S/c20-19(26)24-22-11-17-23-18-14-7-4-10-21-15(14)8-9-16(18)25(17)12-13-5-2-1-3-6-13/h1-11H,12H2,(H3,20,24,26)/b22-11-. The molecule has 2 heterocycles. The maximum absolute atomic E-state index is 5.44. The molecule has 4 aromatic rings. The van der Waals surface area contributed by atoms with Crippen LogP contribution >= 0.6 is 12.2 Å². The van der Waals surface area contributed by atoms with Gasteiger partial charge in [0.15, 0.2) is 10.9 Å². The van der Waals surface area contributed by atoms with Crippen LogP contribution in [0.2, 0.25) is 0 Å². The number of imidazole rings is 1. The van der Waals surface area contributed by atoms with E-state index in [4.69, 9.17) is 22.9 Å². The van der Waals surface area contributed by atoms with Crippen molar-refractivity contribution in [1.29, 1.82) is 0 Å². The average Bonchev–Trinajstić information content (AvgIpc) is 3.00. The van der Waals surface area contributed by atoms with Crippen LogP contribution in [0.3, 0.4) is 0 Å². The molecule has 0 bridgehead atoms. The molecule has 7 heteroatoms. The summed E-state index contributed by atoms with van der Waals surface area (Å²) in [5, 5.41) is 5.20. The Morgan fingerprint density at radius 1 is 1.15 bits per heavy atom. The van der Waals surface area contributed by atoms with Gasteiger partial charge in [0, 0.05) is 18.1 Å². The number of rotatable bonds is 4. The Bertz CT molecular complexity index is 1120. The molecule has 0 unspecified atom stereocenters. The molecule has 0 aliphatic rings. The Morgan fingerprint density at radius 3 is 2.81 bits per heavy atom. The van der Waals surface area contributed by atoms with Gasteiger partial charge in [0.05, 0.1) is 22.8 Å². The molecule has 0 aliphatic heterocycles. The molecule has 0 fully saturated rings. The van der Waals surface area contributed by atoms with Crippen LogP contribution in [0, 0.1) is 0 Å². The molecule has 26 heavy (non-hydrogen) atoms. The van der Waals surface area contributed by atoms with Crippen LogP contribution in [0.15, 0.2) is 65.9 Å². The summed E-state index contributed by atoms with van der Waals surface area (Å²) < 4.78 is 2.11. The molecule has 2 aromatic carbocycles. The number of aromatic nitrogens is 3. The van der Waals surface area contributed by atoms with Crippen molar-refractivity contribution in [2.24, 2.45) is 10.8 Å².